The van der Waals surface area contributed by atoms with Crippen LogP contribution in [0.2, 0.25) is 0 Å². The SMILES string of the molecule is C=C/N=C1/OC=N/C1=C/N. The summed E-state index contributed by atoms with van der Waals surface area (Å²) in [5.41, 5.74) is 5.71. The van der Waals surface area contributed by atoms with E-state index < -0.39 is 0 Å². The molecule has 0 fully saturated rings. The first-order chi connectivity index (χ1) is 4.88. The van der Waals surface area contributed by atoms with Crippen LogP contribution in [0.3, 0.4) is 0 Å². The van der Waals surface area contributed by atoms with Crippen LogP contribution >= 0.6 is 0 Å². The molecule has 10 heavy (non-hydrogen) atoms. The van der Waals surface area contributed by atoms with Crippen LogP contribution < -0.4 is 5.73 Å². The van der Waals surface area contributed by atoms with Gasteiger partial charge in [0.2, 0.25) is 5.90 Å². The Morgan fingerprint density at radius 1 is 1.80 bits per heavy atom. The third-order valence-electron chi connectivity index (χ3n) is 0.942. The van der Waals surface area contributed by atoms with Crippen LogP contribution in [0, 0.1) is 0 Å². The molecular weight excluding hydrogens is 130 g/mol. The largest absolute Gasteiger partial charge is 0.425 e. The van der Waals surface area contributed by atoms with Gasteiger partial charge in [-0.25, -0.2) is 9.98 Å². The summed E-state index contributed by atoms with van der Waals surface area (Å²) >= 11 is 0. The predicted molar refractivity (Wildman–Crippen MR) is 39.5 cm³/mol. The summed E-state index contributed by atoms with van der Waals surface area (Å²) in [6.07, 6.45) is 3.97. The van der Waals surface area contributed by atoms with Gasteiger partial charge in [-0.3, -0.25) is 0 Å². The van der Waals surface area contributed by atoms with Gasteiger partial charge in [-0.2, -0.15) is 0 Å². The number of nitrogens with two attached hydrogens (primary N) is 1. The molecule has 0 amide bonds. The zero-order chi connectivity index (χ0) is 7.40. The van der Waals surface area contributed by atoms with E-state index in [2.05, 4.69) is 16.6 Å². The lowest BCUT2D eigenvalue weighted by atomic mass is 10.5. The fourth-order valence-electron chi connectivity index (χ4n) is 0.542. The number of rotatable bonds is 1. The summed E-state index contributed by atoms with van der Waals surface area (Å²) in [6, 6.07) is 0. The Bertz CT molecular complexity index is 227. The summed E-state index contributed by atoms with van der Waals surface area (Å²) in [7, 11) is 0. The maximum absolute atomic E-state index is 5.18. The van der Waals surface area contributed by atoms with Gasteiger partial charge in [-0.05, 0) is 0 Å². The second kappa shape index (κ2) is 2.82. The minimum atomic E-state index is 0.387. The van der Waals surface area contributed by atoms with Gasteiger partial charge in [0.15, 0.2) is 6.40 Å². The van der Waals surface area contributed by atoms with Crippen molar-refractivity contribution in [2.75, 3.05) is 0 Å². The molecule has 0 unspecified atom stereocenters. The molecule has 52 valence electrons. The fraction of sp³-hybridized carbons (Fsp3) is 0. The Morgan fingerprint density at radius 2 is 2.60 bits per heavy atom. The molecule has 0 atom stereocenters. The summed E-state index contributed by atoms with van der Waals surface area (Å²) in [4.78, 5) is 7.53. The molecule has 0 aliphatic carbocycles. The molecule has 1 rings (SSSR count). The zero-order valence-corrected chi connectivity index (χ0v) is 5.32. The quantitative estimate of drug-likeness (QED) is 0.568. The van der Waals surface area contributed by atoms with Crippen LogP contribution in [0.25, 0.3) is 0 Å². The molecule has 0 saturated carbocycles. The Balaban J connectivity index is 2.84. The first-order valence-corrected chi connectivity index (χ1v) is 2.68. The van der Waals surface area contributed by atoms with E-state index in [1.807, 2.05) is 0 Å². The monoisotopic (exact) mass is 137 g/mol. The van der Waals surface area contributed by atoms with Crippen LogP contribution in [-0.2, 0) is 4.74 Å². The number of ether oxygens (including phenoxy) is 1. The van der Waals surface area contributed by atoms with Crippen LogP contribution in [0.1, 0.15) is 0 Å². The van der Waals surface area contributed by atoms with Crippen molar-refractivity contribution in [1.82, 2.24) is 0 Å². The van der Waals surface area contributed by atoms with E-state index in [1.54, 1.807) is 0 Å². The Hall–Kier alpha value is -1.58. The van der Waals surface area contributed by atoms with E-state index in [0.717, 1.165) is 0 Å². The Morgan fingerprint density at radius 3 is 3.20 bits per heavy atom. The molecule has 0 bridgehead atoms. The van der Waals surface area contributed by atoms with Crippen LogP contribution in [0.5, 0.6) is 0 Å². The molecular formula is C6H7N3O. The van der Waals surface area contributed by atoms with Gasteiger partial charge < -0.3 is 10.5 Å². The topological polar surface area (TPSA) is 60.0 Å². The molecule has 4 heteroatoms. The zero-order valence-electron chi connectivity index (χ0n) is 5.32. The van der Waals surface area contributed by atoms with Crippen molar-refractivity contribution in [2.24, 2.45) is 15.7 Å². The summed E-state index contributed by atoms with van der Waals surface area (Å²) in [5.74, 6) is 0.387. The maximum atomic E-state index is 5.18. The fourth-order valence-corrected chi connectivity index (χ4v) is 0.542. The van der Waals surface area contributed by atoms with E-state index >= 15 is 0 Å². The number of hydrogen-bond donors (Lipinski definition) is 1. The normalized spacial score (nSPS) is 23.6. The van der Waals surface area contributed by atoms with Gasteiger partial charge in [0.1, 0.15) is 5.70 Å². The molecule has 0 spiro atoms. The van der Waals surface area contributed by atoms with Crippen molar-refractivity contribution < 1.29 is 4.74 Å². The molecule has 0 aromatic rings. The van der Waals surface area contributed by atoms with Crippen molar-refractivity contribution in [3.63, 3.8) is 0 Å². The average molecular weight is 137 g/mol. The lowest BCUT2D eigenvalue weighted by molar-refractivity contribution is 0.587. The van der Waals surface area contributed by atoms with E-state index in [9.17, 15) is 0 Å². The number of nitrogens with zero attached hydrogens (tertiary/aromatic N) is 2. The lowest BCUT2D eigenvalue weighted by Gasteiger charge is -1.91. The minimum absolute atomic E-state index is 0.387. The molecule has 0 saturated heterocycles. The smallest absolute Gasteiger partial charge is 0.248 e. The van der Waals surface area contributed by atoms with E-state index in [1.165, 1.54) is 18.8 Å². The van der Waals surface area contributed by atoms with Crippen molar-refractivity contribution in [1.29, 1.82) is 0 Å². The third kappa shape index (κ3) is 1.05. The second-order valence-corrected chi connectivity index (χ2v) is 1.52. The Kier molecular flexibility index (Phi) is 1.84. The van der Waals surface area contributed by atoms with E-state index in [4.69, 9.17) is 10.5 Å². The van der Waals surface area contributed by atoms with Crippen LogP contribution in [-0.4, -0.2) is 12.3 Å². The Labute approximate surface area is 58.4 Å². The van der Waals surface area contributed by atoms with Crippen molar-refractivity contribution in [2.45, 2.75) is 0 Å². The van der Waals surface area contributed by atoms with Gasteiger partial charge in [-0.1, -0.05) is 6.58 Å². The van der Waals surface area contributed by atoms with Crippen molar-refractivity contribution in [3.8, 4) is 0 Å². The summed E-state index contributed by atoms with van der Waals surface area (Å²) < 4.78 is 4.84. The average Bonchev–Trinajstić information content (AvgIpc) is 2.36. The van der Waals surface area contributed by atoms with Gasteiger partial charge in [0.05, 0.1) is 0 Å². The predicted octanol–water partition coefficient (Wildman–Crippen LogP) is 0.387. The highest BCUT2D eigenvalue weighted by Crippen LogP contribution is 2.05. The first-order valence-electron chi connectivity index (χ1n) is 2.68. The highest BCUT2D eigenvalue weighted by molar-refractivity contribution is 6.01. The summed E-state index contributed by atoms with van der Waals surface area (Å²) in [5, 5.41) is 0. The number of aliphatic imine (C=N–C) groups is 2. The molecule has 1 aliphatic rings. The van der Waals surface area contributed by atoms with E-state index in [0.29, 0.717) is 11.6 Å². The maximum Gasteiger partial charge on any atom is 0.248 e. The van der Waals surface area contributed by atoms with Gasteiger partial charge >= 0.3 is 0 Å². The van der Waals surface area contributed by atoms with Gasteiger partial charge in [0.25, 0.3) is 0 Å². The van der Waals surface area contributed by atoms with Gasteiger partial charge in [-0.15, -0.1) is 0 Å². The van der Waals surface area contributed by atoms with E-state index in [-0.39, 0.29) is 0 Å². The van der Waals surface area contributed by atoms with Gasteiger partial charge in [0, 0.05) is 12.4 Å². The first kappa shape index (κ1) is 6.54. The molecule has 4 nitrogen and oxygen atoms in total. The molecule has 2 N–H and O–H groups in total. The summed E-state index contributed by atoms with van der Waals surface area (Å²) in [6.45, 7) is 3.40. The van der Waals surface area contributed by atoms with Crippen LogP contribution in [0.4, 0.5) is 0 Å². The molecule has 1 aliphatic heterocycles. The number of hydrogen-bond acceptors (Lipinski definition) is 4. The molecule has 0 radical (unpaired) electrons. The van der Waals surface area contributed by atoms with Crippen LogP contribution in [0.15, 0.2) is 34.7 Å². The second-order valence-electron chi connectivity index (χ2n) is 1.52. The molecule has 0 aromatic heterocycles. The molecule has 1 heterocycles. The molecule has 0 aromatic carbocycles. The highest BCUT2D eigenvalue weighted by Gasteiger charge is 2.10. The highest BCUT2D eigenvalue weighted by atomic mass is 16.5. The minimum Gasteiger partial charge on any atom is -0.425 e. The third-order valence-corrected chi connectivity index (χ3v) is 0.942. The van der Waals surface area contributed by atoms with Crippen molar-refractivity contribution >= 4 is 12.3 Å². The lowest BCUT2D eigenvalue weighted by Crippen LogP contribution is -1.99. The van der Waals surface area contributed by atoms with Crippen molar-refractivity contribution in [3.05, 3.63) is 24.7 Å². The standard InChI is InChI=1S/C6H7N3O/c1-2-8-6-5(3-7)9-4-10-6/h2-4H,1,7H2/b5-3+,8-6+.